The molecule has 0 bridgehead atoms. The van der Waals surface area contributed by atoms with Crippen molar-refractivity contribution in [2.75, 3.05) is 0 Å². The molecule has 0 unspecified atom stereocenters. The van der Waals surface area contributed by atoms with Gasteiger partial charge in [0.1, 0.15) is 5.69 Å². The highest BCUT2D eigenvalue weighted by Crippen LogP contribution is 2.12. The molecule has 1 rings (SSSR count). The highest BCUT2D eigenvalue weighted by molar-refractivity contribution is 5.96. The summed E-state index contributed by atoms with van der Waals surface area (Å²) in [5, 5.41) is 2.87. The second kappa shape index (κ2) is 6.90. The third-order valence-electron chi connectivity index (χ3n) is 3.08. The molecular formula is C17H27N3O2. The minimum absolute atomic E-state index is 0.0955. The molecule has 1 N–H and O–H groups in total. The Morgan fingerprint density at radius 1 is 1.09 bits per heavy atom. The standard InChI is InChI=1S/C17H27N3O2/c1-11(2)20(12(3)4)16(22)14-9-8-13(10-18-14)15(21)19-17(5,6)7/h8-12H,1-7H3,(H,19,21). The van der Waals surface area contributed by atoms with E-state index >= 15 is 0 Å². The van der Waals surface area contributed by atoms with Gasteiger partial charge in [-0.3, -0.25) is 14.6 Å². The average molecular weight is 305 g/mol. The van der Waals surface area contributed by atoms with Crippen LogP contribution < -0.4 is 5.32 Å². The Balaban J connectivity index is 2.93. The summed E-state index contributed by atoms with van der Waals surface area (Å²) in [6, 6.07) is 3.44. The van der Waals surface area contributed by atoms with Crippen molar-refractivity contribution < 1.29 is 9.59 Å². The van der Waals surface area contributed by atoms with E-state index in [1.807, 2.05) is 48.5 Å². The molecule has 0 radical (unpaired) electrons. The van der Waals surface area contributed by atoms with Gasteiger partial charge in [0, 0.05) is 23.8 Å². The van der Waals surface area contributed by atoms with Crippen LogP contribution in [0.3, 0.4) is 0 Å². The number of rotatable bonds is 4. The van der Waals surface area contributed by atoms with E-state index in [1.165, 1.54) is 6.20 Å². The smallest absolute Gasteiger partial charge is 0.272 e. The molecule has 2 amide bonds. The SMILES string of the molecule is CC(C)N(C(=O)c1ccc(C(=O)NC(C)(C)C)cn1)C(C)C. The van der Waals surface area contributed by atoms with Crippen LogP contribution in [0.5, 0.6) is 0 Å². The van der Waals surface area contributed by atoms with Crippen molar-refractivity contribution in [2.45, 2.75) is 66.1 Å². The fourth-order valence-corrected chi connectivity index (χ4v) is 2.27. The maximum atomic E-state index is 12.5. The van der Waals surface area contributed by atoms with Gasteiger partial charge in [-0.15, -0.1) is 0 Å². The molecule has 1 heterocycles. The van der Waals surface area contributed by atoms with Gasteiger partial charge < -0.3 is 10.2 Å². The Labute approximate surface area is 133 Å². The second-order valence-electron chi connectivity index (χ2n) is 7.04. The molecule has 1 aromatic heterocycles. The number of hydrogen-bond acceptors (Lipinski definition) is 3. The molecule has 0 aromatic carbocycles. The molecule has 0 aliphatic rings. The van der Waals surface area contributed by atoms with Gasteiger partial charge in [0.2, 0.25) is 0 Å². The van der Waals surface area contributed by atoms with E-state index in [4.69, 9.17) is 0 Å². The Kier molecular flexibility index (Phi) is 5.69. The first-order valence-corrected chi connectivity index (χ1v) is 7.64. The zero-order chi connectivity index (χ0) is 17.1. The maximum Gasteiger partial charge on any atom is 0.272 e. The number of carbonyl (C=O) groups is 2. The molecule has 0 atom stereocenters. The summed E-state index contributed by atoms with van der Waals surface area (Å²) in [5.41, 5.74) is 0.499. The first-order valence-electron chi connectivity index (χ1n) is 7.64. The Hall–Kier alpha value is -1.91. The van der Waals surface area contributed by atoms with E-state index in [0.717, 1.165) is 0 Å². The number of nitrogens with zero attached hydrogens (tertiary/aromatic N) is 2. The molecule has 0 fully saturated rings. The van der Waals surface area contributed by atoms with Gasteiger partial charge in [0.25, 0.3) is 11.8 Å². The summed E-state index contributed by atoms with van der Waals surface area (Å²) in [6.07, 6.45) is 1.45. The van der Waals surface area contributed by atoms with Crippen LogP contribution in [0.1, 0.15) is 69.3 Å². The molecule has 5 heteroatoms. The predicted octanol–water partition coefficient (Wildman–Crippen LogP) is 2.87. The number of aromatic nitrogens is 1. The summed E-state index contributed by atoms with van der Waals surface area (Å²) in [4.78, 5) is 30.5. The molecule has 122 valence electrons. The lowest BCUT2D eigenvalue weighted by Crippen LogP contribution is -2.42. The van der Waals surface area contributed by atoms with Crippen LogP contribution in [0.25, 0.3) is 0 Å². The Morgan fingerprint density at radius 2 is 1.64 bits per heavy atom. The minimum atomic E-state index is -0.308. The average Bonchev–Trinajstić information content (AvgIpc) is 2.35. The van der Waals surface area contributed by atoms with Crippen LogP contribution in [0.15, 0.2) is 18.3 Å². The first-order chi connectivity index (χ1) is 10.0. The van der Waals surface area contributed by atoms with Gasteiger partial charge in [-0.2, -0.15) is 0 Å². The molecule has 1 aromatic rings. The molecule has 5 nitrogen and oxygen atoms in total. The van der Waals surface area contributed by atoms with Crippen molar-refractivity contribution in [2.24, 2.45) is 0 Å². The molecule has 0 aliphatic carbocycles. The van der Waals surface area contributed by atoms with Crippen LogP contribution in [0.2, 0.25) is 0 Å². The number of nitrogens with one attached hydrogen (secondary N) is 1. The largest absolute Gasteiger partial charge is 0.347 e. The van der Waals surface area contributed by atoms with Crippen molar-refractivity contribution in [3.8, 4) is 0 Å². The molecule has 0 aliphatic heterocycles. The number of carbonyl (C=O) groups excluding carboxylic acids is 2. The van der Waals surface area contributed by atoms with Crippen molar-refractivity contribution in [3.63, 3.8) is 0 Å². The lowest BCUT2D eigenvalue weighted by Gasteiger charge is -2.30. The van der Waals surface area contributed by atoms with Gasteiger partial charge in [-0.1, -0.05) is 0 Å². The van der Waals surface area contributed by atoms with E-state index in [-0.39, 0.29) is 29.4 Å². The second-order valence-corrected chi connectivity index (χ2v) is 7.04. The van der Waals surface area contributed by atoms with Gasteiger partial charge in [0.05, 0.1) is 5.56 Å². The predicted molar refractivity (Wildman–Crippen MR) is 87.9 cm³/mol. The Bertz CT molecular complexity index is 520. The van der Waals surface area contributed by atoms with Gasteiger partial charge in [0.15, 0.2) is 0 Å². The number of pyridine rings is 1. The summed E-state index contributed by atoms with van der Waals surface area (Å²) in [7, 11) is 0. The number of amides is 2. The highest BCUT2D eigenvalue weighted by Gasteiger charge is 2.23. The van der Waals surface area contributed by atoms with E-state index in [1.54, 1.807) is 17.0 Å². The molecule has 22 heavy (non-hydrogen) atoms. The molecule has 0 saturated carbocycles. The van der Waals surface area contributed by atoms with E-state index < -0.39 is 0 Å². The zero-order valence-corrected chi connectivity index (χ0v) is 14.6. The third-order valence-corrected chi connectivity index (χ3v) is 3.08. The van der Waals surface area contributed by atoms with Crippen molar-refractivity contribution in [1.82, 2.24) is 15.2 Å². The maximum absolute atomic E-state index is 12.5. The highest BCUT2D eigenvalue weighted by atomic mass is 16.2. The third kappa shape index (κ3) is 4.83. The zero-order valence-electron chi connectivity index (χ0n) is 14.6. The van der Waals surface area contributed by atoms with Crippen molar-refractivity contribution in [1.29, 1.82) is 0 Å². The van der Waals surface area contributed by atoms with E-state index in [0.29, 0.717) is 11.3 Å². The van der Waals surface area contributed by atoms with Gasteiger partial charge in [-0.25, -0.2) is 0 Å². The summed E-state index contributed by atoms with van der Waals surface area (Å²) < 4.78 is 0. The van der Waals surface area contributed by atoms with Crippen LogP contribution >= 0.6 is 0 Å². The van der Waals surface area contributed by atoms with Crippen LogP contribution in [-0.2, 0) is 0 Å². The molecular weight excluding hydrogens is 278 g/mol. The minimum Gasteiger partial charge on any atom is -0.347 e. The fraction of sp³-hybridized carbons (Fsp3) is 0.588. The van der Waals surface area contributed by atoms with Crippen LogP contribution in [0, 0.1) is 0 Å². The fourth-order valence-electron chi connectivity index (χ4n) is 2.27. The molecule has 0 saturated heterocycles. The normalized spacial score (nSPS) is 11.7. The molecule has 0 spiro atoms. The quantitative estimate of drug-likeness (QED) is 0.930. The summed E-state index contributed by atoms with van der Waals surface area (Å²) in [6.45, 7) is 13.6. The monoisotopic (exact) mass is 305 g/mol. The van der Waals surface area contributed by atoms with Crippen LogP contribution in [-0.4, -0.2) is 39.3 Å². The van der Waals surface area contributed by atoms with E-state index in [2.05, 4.69) is 10.3 Å². The lowest BCUT2D eigenvalue weighted by atomic mass is 10.1. The Morgan fingerprint density at radius 3 is 2.00 bits per heavy atom. The summed E-state index contributed by atoms with van der Waals surface area (Å²) >= 11 is 0. The van der Waals surface area contributed by atoms with E-state index in [9.17, 15) is 9.59 Å². The van der Waals surface area contributed by atoms with Crippen molar-refractivity contribution >= 4 is 11.8 Å². The summed E-state index contributed by atoms with van der Waals surface area (Å²) in [5.74, 6) is -0.309. The topological polar surface area (TPSA) is 62.3 Å². The van der Waals surface area contributed by atoms with Gasteiger partial charge >= 0.3 is 0 Å². The first kappa shape index (κ1) is 18.1. The van der Waals surface area contributed by atoms with Crippen LogP contribution in [0.4, 0.5) is 0 Å². The van der Waals surface area contributed by atoms with Crippen molar-refractivity contribution in [3.05, 3.63) is 29.6 Å². The number of hydrogen-bond donors (Lipinski definition) is 1. The lowest BCUT2D eigenvalue weighted by molar-refractivity contribution is 0.0637. The van der Waals surface area contributed by atoms with Gasteiger partial charge in [-0.05, 0) is 60.6 Å².